The van der Waals surface area contributed by atoms with Crippen LogP contribution in [0.5, 0.6) is 0 Å². The molecule has 0 aliphatic carbocycles. The Morgan fingerprint density at radius 3 is 2.37 bits per heavy atom. The van der Waals surface area contributed by atoms with Gasteiger partial charge in [0.05, 0.1) is 10.6 Å². The Hall–Kier alpha value is -3.33. The van der Waals surface area contributed by atoms with Gasteiger partial charge in [0.1, 0.15) is 18.0 Å². The van der Waals surface area contributed by atoms with Crippen molar-refractivity contribution in [1.29, 1.82) is 0 Å². The normalized spacial score (nSPS) is 10.5. The van der Waals surface area contributed by atoms with E-state index in [1.165, 1.54) is 0 Å². The zero-order chi connectivity index (χ0) is 19.6. The van der Waals surface area contributed by atoms with Crippen molar-refractivity contribution in [2.75, 3.05) is 10.6 Å². The van der Waals surface area contributed by atoms with Gasteiger partial charge in [-0.3, -0.25) is 10.1 Å². The van der Waals surface area contributed by atoms with Crippen LogP contribution in [0.25, 0.3) is 0 Å². The molecule has 3 aromatic rings. The Balaban J connectivity index is 2.04. The Kier molecular flexibility index (Phi) is 5.13. The first-order valence-electron chi connectivity index (χ1n) is 7.60. The van der Waals surface area contributed by atoms with Crippen LogP contribution in [0.2, 0.25) is 5.02 Å². The molecule has 27 heavy (non-hydrogen) atoms. The van der Waals surface area contributed by atoms with Gasteiger partial charge < -0.3 is 10.6 Å². The summed E-state index contributed by atoms with van der Waals surface area (Å²) in [5, 5.41) is 17.3. The number of nitro groups is 1. The van der Waals surface area contributed by atoms with Crippen LogP contribution in [0.3, 0.4) is 0 Å². The molecule has 0 saturated carbocycles. The topological polar surface area (TPSA) is 93.0 Å². The highest BCUT2D eigenvalue weighted by molar-refractivity contribution is 6.30. The van der Waals surface area contributed by atoms with Gasteiger partial charge in [0.15, 0.2) is 0 Å². The van der Waals surface area contributed by atoms with E-state index in [4.69, 9.17) is 11.6 Å². The zero-order valence-corrected chi connectivity index (χ0v) is 14.6. The summed E-state index contributed by atoms with van der Waals surface area (Å²) in [7, 11) is 0. The van der Waals surface area contributed by atoms with Crippen molar-refractivity contribution in [3.8, 4) is 0 Å². The lowest BCUT2D eigenvalue weighted by Gasteiger charge is -2.12. The van der Waals surface area contributed by atoms with Gasteiger partial charge in [-0.25, -0.2) is 18.7 Å². The first kappa shape index (κ1) is 18.5. The van der Waals surface area contributed by atoms with Gasteiger partial charge >= 0.3 is 5.69 Å². The predicted octanol–water partition coefficient (Wildman–Crippen LogP) is 5.11. The molecule has 10 heteroatoms. The second-order valence-electron chi connectivity index (χ2n) is 5.51. The van der Waals surface area contributed by atoms with Gasteiger partial charge in [-0.15, -0.1) is 0 Å². The SMILES string of the molecule is Cc1ccc(Cl)cc1Nc1ncnc(Nc2cc(F)ccc2F)c1[N+](=O)[O-]. The third kappa shape index (κ3) is 4.09. The van der Waals surface area contributed by atoms with Crippen molar-refractivity contribution in [2.24, 2.45) is 0 Å². The molecule has 0 atom stereocenters. The summed E-state index contributed by atoms with van der Waals surface area (Å²) in [6, 6.07) is 7.70. The van der Waals surface area contributed by atoms with Crippen molar-refractivity contribution >= 4 is 40.3 Å². The van der Waals surface area contributed by atoms with E-state index < -0.39 is 22.2 Å². The monoisotopic (exact) mass is 391 g/mol. The molecule has 3 rings (SSSR count). The van der Waals surface area contributed by atoms with Gasteiger partial charge in [0, 0.05) is 16.8 Å². The van der Waals surface area contributed by atoms with Crippen molar-refractivity contribution in [1.82, 2.24) is 9.97 Å². The number of aromatic nitrogens is 2. The van der Waals surface area contributed by atoms with Crippen LogP contribution in [0.4, 0.5) is 37.5 Å². The Bertz CT molecular complexity index is 960. The summed E-state index contributed by atoms with van der Waals surface area (Å²) in [6.07, 6.45) is 1.06. The number of benzene rings is 2. The number of halogens is 3. The Morgan fingerprint density at radius 1 is 1.04 bits per heavy atom. The minimum atomic E-state index is -0.787. The smallest absolute Gasteiger partial charge is 0.334 e. The van der Waals surface area contributed by atoms with Crippen molar-refractivity contribution in [3.05, 3.63) is 75.1 Å². The number of hydrogen-bond acceptors (Lipinski definition) is 6. The summed E-state index contributed by atoms with van der Waals surface area (Å²) in [5.41, 5.74) is 0.465. The molecule has 138 valence electrons. The molecule has 0 aliphatic heterocycles. The number of nitrogens with zero attached hydrogens (tertiary/aromatic N) is 3. The average molecular weight is 392 g/mol. The van der Waals surface area contributed by atoms with Crippen LogP contribution in [-0.4, -0.2) is 14.9 Å². The molecular weight excluding hydrogens is 380 g/mol. The summed E-state index contributed by atoms with van der Waals surface area (Å²) in [6.45, 7) is 1.78. The summed E-state index contributed by atoms with van der Waals surface area (Å²) < 4.78 is 27.2. The van der Waals surface area contributed by atoms with Crippen LogP contribution >= 0.6 is 11.6 Å². The molecule has 0 fully saturated rings. The molecule has 0 bridgehead atoms. The van der Waals surface area contributed by atoms with Crippen molar-refractivity contribution in [3.63, 3.8) is 0 Å². The maximum atomic E-state index is 13.9. The fraction of sp³-hybridized carbons (Fsp3) is 0.0588. The summed E-state index contributed by atoms with van der Waals surface area (Å²) in [5.74, 6) is -1.91. The molecule has 0 saturated heterocycles. The van der Waals surface area contributed by atoms with E-state index in [9.17, 15) is 18.9 Å². The van der Waals surface area contributed by atoms with Crippen LogP contribution in [0, 0.1) is 28.7 Å². The number of nitrogens with one attached hydrogen (secondary N) is 2. The Morgan fingerprint density at radius 2 is 1.70 bits per heavy atom. The van der Waals surface area contributed by atoms with Gasteiger partial charge in [0.25, 0.3) is 0 Å². The minimum Gasteiger partial charge on any atom is -0.334 e. The lowest BCUT2D eigenvalue weighted by molar-refractivity contribution is -0.383. The van der Waals surface area contributed by atoms with E-state index in [2.05, 4.69) is 20.6 Å². The molecule has 0 radical (unpaired) electrons. The van der Waals surface area contributed by atoms with Gasteiger partial charge in [0.2, 0.25) is 11.6 Å². The van der Waals surface area contributed by atoms with E-state index in [0.29, 0.717) is 10.7 Å². The number of hydrogen-bond donors (Lipinski definition) is 2. The van der Waals surface area contributed by atoms with Gasteiger partial charge in [-0.2, -0.15) is 0 Å². The average Bonchev–Trinajstić information content (AvgIpc) is 2.61. The first-order valence-corrected chi connectivity index (χ1v) is 7.97. The fourth-order valence-electron chi connectivity index (χ4n) is 2.31. The highest BCUT2D eigenvalue weighted by atomic mass is 35.5. The third-order valence-electron chi connectivity index (χ3n) is 3.64. The Labute approximate surface area is 157 Å². The zero-order valence-electron chi connectivity index (χ0n) is 13.8. The van der Waals surface area contributed by atoms with E-state index in [1.807, 2.05) is 0 Å². The number of anilines is 4. The minimum absolute atomic E-state index is 0.125. The van der Waals surface area contributed by atoms with E-state index in [1.54, 1.807) is 25.1 Å². The largest absolute Gasteiger partial charge is 0.353 e. The molecule has 0 amide bonds. The first-order chi connectivity index (χ1) is 12.8. The van der Waals surface area contributed by atoms with Crippen LogP contribution in [-0.2, 0) is 0 Å². The second-order valence-corrected chi connectivity index (χ2v) is 5.95. The van der Waals surface area contributed by atoms with Crippen LogP contribution < -0.4 is 10.6 Å². The summed E-state index contributed by atoms with van der Waals surface area (Å²) >= 11 is 5.96. The standard InChI is InChI=1S/C17H12ClF2N5O2/c1-9-2-3-10(18)6-13(9)23-16-15(25(26)27)17(22-8-21-16)24-14-7-11(19)4-5-12(14)20/h2-8H,1H3,(H2,21,22,23,24). The molecule has 0 unspecified atom stereocenters. The molecular formula is C17H12ClF2N5O2. The molecule has 2 aromatic carbocycles. The lowest BCUT2D eigenvalue weighted by Crippen LogP contribution is -2.06. The van der Waals surface area contributed by atoms with Gasteiger partial charge in [-0.1, -0.05) is 17.7 Å². The fourth-order valence-corrected chi connectivity index (χ4v) is 2.48. The molecule has 0 spiro atoms. The molecule has 0 aliphatic rings. The molecule has 7 nitrogen and oxygen atoms in total. The van der Waals surface area contributed by atoms with E-state index in [0.717, 1.165) is 30.1 Å². The van der Waals surface area contributed by atoms with Crippen LogP contribution in [0.1, 0.15) is 5.56 Å². The molecule has 1 heterocycles. The maximum Gasteiger partial charge on any atom is 0.353 e. The third-order valence-corrected chi connectivity index (χ3v) is 3.87. The van der Waals surface area contributed by atoms with Gasteiger partial charge in [-0.05, 0) is 36.8 Å². The summed E-state index contributed by atoms with van der Waals surface area (Å²) in [4.78, 5) is 18.5. The second kappa shape index (κ2) is 7.50. The predicted molar refractivity (Wildman–Crippen MR) is 97.8 cm³/mol. The van der Waals surface area contributed by atoms with E-state index in [-0.39, 0.29) is 17.3 Å². The van der Waals surface area contributed by atoms with Crippen molar-refractivity contribution in [2.45, 2.75) is 6.92 Å². The number of rotatable bonds is 5. The van der Waals surface area contributed by atoms with E-state index >= 15 is 0 Å². The van der Waals surface area contributed by atoms with Crippen LogP contribution in [0.15, 0.2) is 42.7 Å². The molecule has 2 N–H and O–H groups in total. The molecule has 1 aromatic heterocycles. The quantitative estimate of drug-likeness (QED) is 0.463. The maximum absolute atomic E-state index is 13.9. The highest BCUT2D eigenvalue weighted by Gasteiger charge is 2.24. The van der Waals surface area contributed by atoms with Crippen molar-refractivity contribution < 1.29 is 13.7 Å². The number of aryl methyl sites for hydroxylation is 1. The highest BCUT2D eigenvalue weighted by Crippen LogP contribution is 2.34. The lowest BCUT2D eigenvalue weighted by atomic mass is 10.2.